The number of hydrogen-bond donors (Lipinski definition) is 3. The van der Waals surface area contributed by atoms with E-state index in [4.69, 9.17) is 9.79 Å². The maximum absolute atomic E-state index is 14.3. The quantitative estimate of drug-likeness (QED) is 0.313. The van der Waals surface area contributed by atoms with E-state index in [9.17, 15) is 32.5 Å². The molecule has 4 fully saturated rings. The first-order chi connectivity index (χ1) is 23.2. The van der Waals surface area contributed by atoms with Crippen LogP contribution in [0.25, 0.3) is 10.1 Å². The minimum atomic E-state index is -5.76. The number of alkyl halides is 2. The summed E-state index contributed by atoms with van der Waals surface area (Å²) in [5, 5.41) is 3.04. The lowest BCUT2D eigenvalue weighted by Crippen LogP contribution is -2.75. The Morgan fingerprint density at radius 1 is 0.939 bits per heavy atom. The fraction of sp³-hybridized carbons (Fsp3) is 0.471. The van der Waals surface area contributed by atoms with Crippen LogP contribution in [0.2, 0.25) is 0 Å². The van der Waals surface area contributed by atoms with E-state index in [0.29, 0.717) is 63.0 Å². The zero-order chi connectivity index (χ0) is 34.7. The number of nitrogens with zero attached hydrogens (tertiary/aromatic N) is 3. The van der Waals surface area contributed by atoms with Crippen LogP contribution in [0, 0.1) is 5.41 Å². The third-order valence-electron chi connectivity index (χ3n) is 10.3. The van der Waals surface area contributed by atoms with Gasteiger partial charge in [0.1, 0.15) is 12.1 Å². The van der Waals surface area contributed by atoms with Crippen molar-refractivity contribution in [3.63, 3.8) is 0 Å². The highest BCUT2D eigenvalue weighted by atomic mass is 32.1. The van der Waals surface area contributed by atoms with E-state index in [1.165, 1.54) is 12.1 Å². The Labute approximate surface area is 285 Å². The molecule has 1 aromatic heterocycles. The van der Waals surface area contributed by atoms with E-state index in [0.717, 1.165) is 41.9 Å². The maximum atomic E-state index is 14.3. The lowest BCUT2D eigenvalue weighted by Gasteiger charge is -2.60. The highest BCUT2D eigenvalue weighted by Gasteiger charge is 2.56. The summed E-state index contributed by atoms with van der Waals surface area (Å²) in [5.41, 5.74) is -4.38. The number of halogens is 2. The normalized spacial score (nSPS) is 23.8. The fourth-order valence-electron chi connectivity index (χ4n) is 7.80. The molecule has 11 nitrogen and oxygen atoms in total. The number of thiophene rings is 1. The van der Waals surface area contributed by atoms with E-state index in [2.05, 4.69) is 5.32 Å². The van der Waals surface area contributed by atoms with Gasteiger partial charge in [-0.15, -0.1) is 11.3 Å². The molecule has 0 bridgehead atoms. The molecule has 4 saturated heterocycles. The van der Waals surface area contributed by atoms with Crippen LogP contribution in [0.3, 0.4) is 0 Å². The van der Waals surface area contributed by atoms with Gasteiger partial charge in [0.05, 0.1) is 11.3 Å². The van der Waals surface area contributed by atoms with E-state index in [-0.39, 0.29) is 39.4 Å². The Morgan fingerprint density at radius 2 is 1.63 bits per heavy atom. The Bertz CT molecular complexity index is 1850. The van der Waals surface area contributed by atoms with Crippen molar-refractivity contribution in [2.45, 2.75) is 68.7 Å². The molecule has 0 radical (unpaired) electrons. The summed E-state index contributed by atoms with van der Waals surface area (Å²) in [6, 6.07) is 12.5. The second kappa shape index (κ2) is 12.6. The van der Waals surface area contributed by atoms with Crippen LogP contribution in [0.15, 0.2) is 54.6 Å². The van der Waals surface area contributed by atoms with E-state index in [1.54, 1.807) is 9.80 Å². The molecular weight excluding hydrogens is 677 g/mol. The predicted octanol–water partition coefficient (Wildman–Crippen LogP) is 4.07. The third kappa shape index (κ3) is 6.28. The first-order valence-electron chi connectivity index (χ1n) is 16.5. The number of carbonyl (C=O) groups is 4. The summed E-state index contributed by atoms with van der Waals surface area (Å²) in [6.07, 6.45) is 4.29. The van der Waals surface area contributed by atoms with Gasteiger partial charge < -0.3 is 29.8 Å². The number of likely N-dealkylation sites (tertiary alicyclic amines) is 2. The van der Waals surface area contributed by atoms with Crippen LogP contribution in [0.1, 0.15) is 59.3 Å². The van der Waals surface area contributed by atoms with Crippen LogP contribution in [-0.2, 0) is 31.0 Å². The van der Waals surface area contributed by atoms with Gasteiger partial charge in [-0.3, -0.25) is 23.7 Å². The summed E-state index contributed by atoms with van der Waals surface area (Å²) in [6.45, 7) is 2.30. The Hall–Kier alpha value is -3.71. The van der Waals surface area contributed by atoms with Crippen molar-refractivity contribution in [2.24, 2.45) is 5.41 Å². The van der Waals surface area contributed by atoms with Crippen LogP contribution in [-0.4, -0.2) is 92.4 Å². The number of rotatable bonds is 7. The summed E-state index contributed by atoms with van der Waals surface area (Å²) < 4.78 is 40.4. The number of hydrogen-bond acceptors (Lipinski definition) is 6. The fourth-order valence-corrected chi connectivity index (χ4v) is 9.22. The minimum Gasteiger partial charge on any atom is -0.341 e. The number of nitrogens with one attached hydrogen (secondary N) is 1. The van der Waals surface area contributed by atoms with Gasteiger partial charge in [0.2, 0.25) is 17.7 Å². The first-order valence-corrected chi connectivity index (χ1v) is 18.9. The van der Waals surface area contributed by atoms with Gasteiger partial charge >= 0.3 is 13.3 Å². The molecule has 5 heterocycles. The molecular formula is C34H37F2N4O7PS. The SMILES string of the molecule is O=C(N[C@H]1CCCC[C@H]2CC[C@@H](C(=O)N3CC4(CN(C(=O)Cc5ccccc5)C4)C3)N2C1=O)c1cc2cc(C(F)(F)P(=O)(O)O)ccc2s1. The van der Waals surface area contributed by atoms with Gasteiger partial charge in [0.15, 0.2) is 0 Å². The molecule has 3 aromatic rings. The average Bonchev–Trinajstić information content (AvgIpc) is 3.64. The molecule has 3 N–H and O–H groups in total. The van der Waals surface area contributed by atoms with Gasteiger partial charge in [0, 0.05) is 47.9 Å². The smallest absolute Gasteiger partial charge is 0.341 e. The number of fused-ring (bicyclic) bond motifs is 2. The largest absolute Gasteiger partial charge is 0.399 e. The third-order valence-corrected chi connectivity index (χ3v) is 12.5. The zero-order valence-electron chi connectivity index (χ0n) is 26.6. The first kappa shape index (κ1) is 33.8. The Balaban J connectivity index is 0.987. The Kier molecular flexibility index (Phi) is 8.66. The van der Waals surface area contributed by atoms with E-state index in [1.807, 2.05) is 35.2 Å². The molecule has 0 unspecified atom stereocenters. The summed E-state index contributed by atoms with van der Waals surface area (Å²) in [4.78, 5) is 77.6. The van der Waals surface area contributed by atoms with Crippen molar-refractivity contribution < 1.29 is 42.3 Å². The minimum absolute atomic E-state index is 0.0707. The molecule has 4 amide bonds. The molecule has 0 aliphatic carbocycles. The maximum Gasteiger partial charge on any atom is 0.399 e. The molecule has 0 saturated carbocycles. The topological polar surface area (TPSA) is 148 Å². The summed E-state index contributed by atoms with van der Waals surface area (Å²) in [7, 11) is -5.76. The molecule has 4 aliphatic heterocycles. The molecule has 4 aliphatic rings. The van der Waals surface area contributed by atoms with Crippen LogP contribution in [0.4, 0.5) is 8.78 Å². The monoisotopic (exact) mass is 714 g/mol. The second-order valence-corrected chi connectivity index (χ2v) is 16.6. The second-order valence-electron chi connectivity index (χ2n) is 13.9. The van der Waals surface area contributed by atoms with E-state index < -0.39 is 36.8 Å². The van der Waals surface area contributed by atoms with Gasteiger partial charge in [-0.2, -0.15) is 8.78 Å². The van der Waals surface area contributed by atoms with Crippen LogP contribution >= 0.6 is 18.9 Å². The highest BCUT2D eigenvalue weighted by molar-refractivity contribution is 7.52. The van der Waals surface area contributed by atoms with Crippen LogP contribution < -0.4 is 5.32 Å². The lowest BCUT2D eigenvalue weighted by atomic mass is 9.72. The van der Waals surface area contributed by atoms with E-state index >= 15 is 0 Å². The molecule has 3 atom stereocenters. The molecule has 260 valence electrons. The summed E-state index contributed by atoms with van der Waals surface area (Å²) in [5.74, 6) is -0.909. The standard InChI is InChI=1S/C34H37F2N4O7PS/c35-34(36,48(45,46)47)23-10-13-27-22(15-23)16-28(49-27)30(42)37-25-9-5-4-8-24-11-12-26(40(24)31(25)43)32(44)39-19-33(20-39)17-38(18-33)29(41)14-21-6-2-1-3-7-21/h1-3,6-7,10,13,15-16,24-26H,4-5,8-9,11-12,14,17-20H2,(H,37,42)(H2,45,46,47)/t24-,25-,26-/m0/s1. The molecule has 1 spiro atoms. The average molecular weight is 715 g/mol. The van der Waals surface area contributed by atoms with Gasteiger partial charge in [-0.1, -0.05) is 49.2 Å². The molecule has 15 heteroatoms. The number of amides is 4. The van der Waals surface area contributed by atoms with Crippen molar-refractivity contribution in [2.75, 3.05) is 26.2 Å². The van der Waals surface area contributed by atoms with Gasteiger partial charge in [-0.05, 0) is 54.8 Å². The van der Waals surface area contributed by atoms with Crippen LogP contribution in [0.5, 0.6) is 0 Å². The van der Waals surface area contributed by atoms with Crippen molar-refractivity contribution in [3.8, 4) is 0 Å². The van der Waals surface area contributed by atoms with Crippen molar-refractivity contribution in [3.05, 3.63) is 70.6 Å². The number of carbonyl (C=O) groups excluding carboxylic acids is 4. The summed E-state index contributed by atoms with van der Waals surface area (Å²) >= 11 is 1.02. The van der Waals surface area contributed by atoms with Crippen molar-refractivity contribution in [1.29, 1.82) is 0 Å². The van der Waals surface area contributed by atoms with Crippen molar-refractivity contribution >= 4 is 52.6 Å². The van der Waals surface area contributed by atoms with Gasteiger partial charge in [-0.25, -0.2) is 0 Å². The lowest BCUT2D eigenvalue weighted by molar-refractivity contribution is -0.172. The number of benzene rings is 2. The van der Waals surface area contributed by atoms with Crippen molar-refractivity contribution in [1.82, 2.24) is 20.0 Å². The zero-order valence-corrected chi connectivity index (χ0v) is 28.3. The molecule has 2 aromatic carbocycles. The van der Waals surface area contributed by atoms with Gasteiger partial charge in [0.25, 0.3) is 5.91 Å². The highest BCUT2D eigenvalue weighted by Crippen LogP contribution is 2.59. The molecule has 7 rings (SSSR count). The predicted molar refractivity (Wildman–Crippen MR) is 177 cm³/mol. The Morgan fingerprint density at radius 3 is 2.35 bits per heavy atom. The molecule has 49 heavy (non-hydrogen) atoms.